The molecule has 5 nitrogen and oxygen atoms in total. The summed E-state index contributed by atoms with van der Waals surface area (Å²) in [5, 5.41) is 6.17. The van der Waals surface area contributed by atoms with Crippen molar-refractivity contribution in [3.8, 4) is 0 Å². The van der Waals surface area contributed by atoms with Crippen molar-refractivity contribution in [2.24, 2.45) is 5.92 Å². The second-order valence-electron chi connectivity index (χ2n) is 10.1. The zero-order valence-corrected chi connectivity index (χ0v) is 22.1. The van der Waals surface area contributed by atoms with Gasteiger partial charge >= 0.3 is 6.03 Å². The Labute approximate surface area is 230 Å². The molecule has 5 heteroatoms. The van der Waals surface area contributed by atoms with Gasteiger partial charge in [0.15, 0.2) is 5.78 Å². The molecule has 4 aromatic rings. The van der Waals surface area contributed by atoms with E-state index in [1.165, 1.54) is 11.1 Å². The van der Waals surface area contributed by atoms with Gasteiger partial charge in [-0.15, -0.1) is 0 Å². The summed E-state index contributed by atoms with van der Waals surface area (Å²) in [6.45, 7) is 2.95. The molecule has 1 fully saturated rings. The van der Waals surface area contributed by atoms with Gasteiger partial charge in [0.05, 0.1) is 0 Å². The zero-order chi connectivity index (χ0) is 26.9. The summed E-state index contributed by atoms with van der Waals surface area (Å²) in [6.07, 6.45) is 1.70. The Kier molecular flexibility index (Phi) is 8.82. The van der Waals surface area contributed by atoms with Crippen molar-refractivity contribution < 1.29 is 9.59 Å². The topological polar surface area (TPSA) is 61.4 Å². The Hall–Kier alpha value is -4.22. The maximum atomic E-state index is 13.0. The maximum absolute atomic E-state index is 13.0. The molecule has 4 aromatic carbocycles. The lowest BCUT2D eigenvalue weighted by molar-refractivity contribution is 0.0835. The number of ketones is 1. The van der Waals surface area contributed by atoms with E-state index >= 15 is 0 Å². The minimum atomic E-state index is -0.216. The minimum Gasteiger partial charge on any atom is -0.337 e. The van der Waals surface area contributed by atoms with Gasteiger partial charge in [-0.25, -0.2) is 4.79 Å². The van der Waals surface area contributed by atoms with Crippen molar-refractivity contribution in [3.05, 3.63) is 138 Å². The van der Waals surface area contributed by atoms with Crippen molar-refractivity contribution >= 4 is 17.5 Å². The molecule has 0 aliphatic carbocycles. The quantitative estimate of drug-likeness (QED) is 0.242. The zero-order valence-electron chi connectivity index (χ0n) is 22.1. The van der Waals surface area contributed by atoms with E-state index in [0.29, 0.717) is 6.54 Å². The first-order valence-corrected chi connectivity index (χ1v) is 13.7. The molecule has 0 bridgehead atoms. The van der Waals surface area contributed by atoms with E-state index in [1.807, 2.05) is 84.9 Å². The number of benzene rings is 4. The second kappa shape index (κ2) is 13.0. The molecular formula is C34H35N3O2. The van der Waals surface area contributed by atoms with Gasteiger partial charge < -0.3 is 10.6 Å². The number of carbonyl (C=O) groups is 2. The predicted octanol–water partition coefficient (Wildman–Crippen LogP) is 6.74. The third-order valence-electron chi connectivity index (χ3n) is 7.55. The van der Waals surface area contributed by atoms with Gasteiger partial charge in [0, 0.05) is 36.2 Å². The van der Waals surface area contributed by atoms with Crippen LogP contribution in [0.3, 0.4) is 0 Å². The van der Waals surface area contributed by atoms with E-state index in [1.54, 1.807) is 0 Å². The molecule has 198 valence electrons. The molecule has 39 heavy (non-hydrogen) atoms. The lowest BCUT2D eigenvalue weighted by Crippen LogP contribution is -2.36. The number of amides is 2. The van der Waals surface area contributed by atoms with Crippen LogP contribution in [0.15, 0.2) is 115 Å². The molecule has 5 rings (SSSR count). The van der Waals surface area contributed by atoms with Crippen LogP contribution in [0.2, 0.25) is 0 Å². The number of para-hydroxylation sites is 1. The molecular weight excluding hydrogens is 482 g/mol. The smallest absolute Gasteiger partial charge is 0.319 e. The standard InChI is InChI=1S/C34H35N3O2/c38-33(28-16-8-3-9-17-28)29-20-22-37(23-21-29)25-30-18-10-11-19-32(30)36-34(39)35-24-31(26-12-4-1-5-13-26)27-14-6-2-7-15-27/h1-19,29,31H,20-25H2,(H2,35,36,39). The molecule has 1 heterocycles. The third kappa shape index (κ3) is 7.01. The summed E-state index contributed by atoms with van der Waals surface area (Å²) in [5.41, 5.74) is 5.02. The largest absolute Gasteiger partial charge is 0.337 e. The summed E-state index contributed by atoms with van der Waals surface area (Å²) in [6, 6.07) is 37.9. The first kappa shape index (κ1) is 26.4. The van der Waals surface area contributed by atoms with E-state index in [-0.39, 0.29) is 23.7 Å². The normalized spacial score (nSPS) is 14.2. The average Bonchev–Trinajstić information content (AvgIpc) is 3.00. The van der Waals surface area contributed by atoms with Gasteiger partial charge in [0.1, 0.15) is 0 Å². The highest BCUT2D eigenvalue weighted by Crippen LogP contribution is 2.26. The van der Waals surface area contributed by atoms with Crippen LogP contribution >= 0.6 is 0 Å². The average molecular weight is 518 g/mol. The molecule has 1 saturated heterocycles. The van der Waals surface area contributed by atoms with Crippen LogP contribution in [-0.2, 0) is 6.54 Å². The summed E-state index contributed by atoms with van der Waals surface area (Å²) in [4.78, 5) is 28.2. The highest BCUT2D eigenvalue weighted by Gasteiger charge is 2.26. The lowest BCUT2D eigenvalue weighted by Gasteiger charge is -2.31. The van der Waals surface area contributed by atoms with Crippen molar-refractivity contribution in [2.45, 2.75) is 25.3 Å². The van der Waals surface area contributed by atoms with E-state index in [0.717, 1.165) is 49.3 Å². The van der Waals surface area contributed by atoms with Gasteiger partial charge in [-0.1, -0.05) is 109 Å². The molecule has 1 aliphatic heterocycles. The molecule has 2 N–H and O–H groups in total. The number of anilines is 1. The van der Waals surface area contributed by atoms with E-state index < -0.39 is 0 Å². The molecule has 0 aromatic heterocycles. The number of urea groups is 1. The maximum Gasteiger partial charge on any atom is 0.319 e. The lowest BCUT2D eigenvalue weighted by atomic mass is 9.89. The SMILES string of the molecule is O=C(NCC(c1ccccc1)c1ccccc1)Nc1ccccc1CN1CCC(C(=O)c2ccccc2)CC1. The molecule has 2 amide bonds. The molecule has 1 aliphatic rings. The van der Waals surface area contributed by atoms with Crippen LogP contribution < -0.4 is 10.6 Å². The number of nitrogens with zero attached hydrogens (tertiary/aromatic N) is 1. The summed E-state index contributed by atoms with van der Waals surface area (Å²) >= 11 is 0. The van der Waals surface area contributed by atoms with E-state index in [2.05, 4.69) is 45.9 Å². The Morgan fingerprint density at radius 2 is 1.26 bits per heavy atom. The fraction of sp³-hybridized carbons (Fsp3) is 0.235. The number of hydrogen-bond donors (Lipinski definition) is 2. The Morgan fingerprint density at radius 3 is 1.87 bits per heavy atom. The Balaban J connectivity index is 1.17. The van der Waals surface area contributed by atoms with Gasteiger partial charge in [0.25, 0.3) is 0 Å². The number of carbonyl (C=O) groups excluding carboxylic acids is 2. The van der Waals surface area contributed by atoms with Gasteiger partial charge in [-0.05, 0) is 48.7 Å². The van der Waals surface area contributed by atoms with Crippen molar-refractivity contribution in [3.63, 3.8) is 0 Å². The van der Waals surface area contributed by atoms with Crippen molar-refractivity contribution in [1.29, 1.82) is 0 Å². The highest BCUT2D eigenvalue weighted by molar-refractivity contribution is 5.97. The first-order chi connectivity index (χ1) is 19.2. The Morgan fingerprint density at radius 1 is 0.718 bits per heavy atom. The number of piperidine rings is 1. The first-order valence-electron chi connectivity index (χ1n) is 13.7. The van der Waals surface area contributed by atoms with E-state index in [9.17, 15) is 9.59 Å². The van der Waals surface area contributed by atoms with Gasteiger partial charge in [-0.3, -0.25) is 9.69 Å². The predicted molar refractivity (Wildman–Crippen MR) is 157 cm³/mol. The molecule has 0 spiro atoms. The number of hydrogen-bond acceptors (Lipinski definition) is 3. The van der Waals surface area contributed by atoms with Crippen LogP contribution in [0.4, 0.5) is 10.5 Å². The summed E-state index contributed by atoms with van der Waals surface area (Å²) in [5.74, 6) is 0.386. The van der Waals surface area contributed by atoms with Crippen molar-refractivity contribution in [2.75, 3.05) is 25.0 Å². The molecule has 0 atom stereocenters. The summed E-state index contributed by atoms with van der Waals surface area (Å²) < 4.78 is 0. The number of nitrogens with one attached hydrogen (secondary N) is 2. The Bertz CT molecular complexity index is 1310. The van der Waals surface area contributed by atoms with Crippen LogP contribution in [-0.4, -0.2) is 36.3 Å². The van der Waals surface area contributed by atoms with Gasteiger partial charge in [-0.2, -0.15) is 0 Å². The number of rotatable bonds is 9. The van der Waals surface area contributed by atoms with Crippen LogP contribution in [0, 0.1) is 5.92 Å². The fourth-order valence-electron chi connectivity index (χ4n) is 5.37. The van der Waals surface area contributed by atoms with Gasteiger partial charge in [0.2, 0.25) is 0 Å². The van der Waals surface area contributed by atoms with Crippen molar-refractivity contribution in [1.82, 2.24) is 10.2 Å². The van der Waals surface area contributed by atoms with Crippen LogP contribution in [0.5, 0.6) is 0 Å². The van der Waals surface area contributed by atoms with Crippen LogP contribution in [0.25, 0.3) is 0 Å². The summed E-state index contributed by atoms with van der Waals surface area (Å²) in [7, 11) is 0. The monoisotopic (exact) mass is 517 g/mol. The highest BCUT2D eigenvalue weighted by atomic mass is 16.2. The number of likely N-dealkylation sites (tertiary alicyclic amines) is 1. The van der Waals surface area contributed by atoms with E-state index in [4.69, 9.17) is 0 Å². The molecule has 0 unspecified atom stereocenters. The fourth-order valence-corrected chi connectivity index (χ4v) is 5.37. The number of Topliss-reactive ketones (excluding diaryl/α,β-unsaturated/α-hetero) is 1. The minimum absolute atomic E-state index is 0.0632. The second-order valence-corrected chi connectivity index (χ2v) is 10.1. The third-order valence-corrected chi connectivity index (χ3v) is 7.55. The molecule has 0 saturated carbocycles. The van der Waals surface area contributed by atoms with Crippen LogP contribution in [0.1, 0.15) is 45.8 Å². The molecule has 0 radical (unpaired) electrons.